The maximum atomic E-state index is 12.1. The third-order valence-electron chi connectivity index (χ3n) is 3.08. The summed E-state index contributed by atoms with van der Waals surface area (Å²) in [5, 5.41) is 22.0. The zero-order valence-electron chi connectivity index (χ0n) is 11.1. The molecule has 2 heterocycles. The topological polar surface area (TPSA) is 125 Å². The number of aromatic nitrogens is 4. The molecule has 0 saturated carbocycles. The highest BCUT2D eigenvalue weighted by Crippen LogP contribution is 2.23. The zero-order valence-corrected chi connectivity index (χ0v) is 11.1. The van der Waals surface area contributed by atoms with E-state index in [1.807, 2.05) is 6.07 Å². The van der Waals surface area contributed by atoms with Crippen LogP contribution in [0.4, 0.5) is 0 Å². The summed E-state index contributed by atoms with van der Waals surface area (Å²) >= 11 is 0. The maximum Gasteiger partial charge on any atom is 0.325 e. The molecule has 108 valence electrons. The largest absolute Gasteiger partial charge is 0.480 e. The SMILES string of the molecule is N#Cc1cccc(-c2nn(CC(=O)O)c(=O)c3[nH]cnc23)c1. The average Bonchev–Trinajstić information content (AvgIpc) is 2.99. The standard InChI is InChI=1S/C14H9N5O3/c15-5-8-2-1-3-9(4-8)11-12-13(17-7-16-12)14(22)19(18-11)6-10(20)21/h1-4,7H,6H2,(H,16,17)(H,20,21). The molecule has 0 spiro atoms. The number of H-pyrrole nitrogens is 1. The predicted octanol–water partition coefficient (Wildman–Crippen LogP) is 0.743. The van der Waals surface area contributed by atoms with Gasteiger partial charge in [-0.3, -0.25) is 9.59 Å². The van der Waals surface area contributed by atoms with Crippen molar-refractivity contribution in [1.29, 1.82) is 5.26 Å². The van der Waals surface area contributed by atoms with Gasteiger partial charge in [-0.2, -0.15) is 10.4 Å². The van der Waals surface area contributed by atoms with Gasteiger partial charge >= 0.3 is 5.97 Å². The first-order valence-corrected chi connectivity index (χ1v) is 6.26. The Kier molecular flexibility index (Phi) is 3.16. The van der Waals surface area contributed by atoms with E-state index in [4.69, 9.17) is 10.4 Å². The van der Waals surface area contributed by atoms with Crippen LogP contribution < -0.4 is 5.56 Å². The van der Waals surface area contributed by atoms with Crippen LogP contribution in [-0.4, -0.2) is 30.8 Å². The van der Waals surface area contributed by atoms with Crippen LogP contribution in [0.25, 0.3) is 22.3 Å². The van der Waals surface area contributed by atoms with E-state index in [0.29, 0.717) is 22.3 Å². The van der Waals surface area contributed by atoms with Crippen LogP contribution in [0.5, 0.6) is 0 Å². The van der Waals surface area contributed by atoms with Gasteiger partial charge in [-0.25, -0.2) is 9.67 Å². The highest BCUT2D eigenvalue weighted by atomic mass is 16.4. The van der Waals surface area contributed by atoms with Crippen LogP contribution in [0.3, 0.4) is 0 Å². The molecule has 0 saturated heterocycles. The Morgan fingerprint density at radius 2 is 2.27 bits per heavy atom. The van der Waals surface area contributed by atoms with E-state index in [1.165, 1.54) is 6.33 Å². The first-order chi connectivity index (χ1) is 10.6. The Bertz CT molecular complexity index is 980. The number of hydrogen-bond donors (Lipinski definition) is 2. The number of hydrogen-bond acceptors (Lipinski definition) is 5. The van der Waals surface area contributed by atoms with Crippen LogP contribution >= 0.6 is 0 Å². The van der Waals surface area contributed by atoms with Crippen LogP contribution in [-0.2, 0) is 11.3 Å². The van der Waals surface area contributed by atoms with Gasteiger partial charge in [0.1, 0.15) is 23.3 Å². The van der Waals surface area contributed by atoms with E-state index < -0.39 is 18.1 Å². The normalized spacial score (nSPS) is 10.5. The van der Waals surface area contributed by atoms with Crippen LogP contribution in [0.1, 0.15) is 5.56 Å². The number of imidazole rings is 1. The van der Waals surface area contributed by atoms with Gasteiger partial charge in [0, 0.05) is 5.56 Å². The lowest BCUT2D eigenvalue weighted by Gasteiger charge is -2.06. The lowest BCUT2D eigenvalue weighted by Crippen LogP contribution is -2.27. The second kappa shape index (κ2) is 5.14. The number of rotatable bonds is 3. The number of carbonyl (C=O) groups is 1. The molecular weight excluding hydrogens is 286 g/mol. The van der Waals surface area contributed by atoms with Crippen molar-refractivity contribution in [3.63, 3.8) is 0 Å². The highest BCUT2D eigenvalue weighted by Gasteiger charge is 2.16. The molecule has 1 aromatic carbocycles. The van der Waals surface area contributed by atoms with Gasteiger partial charge in [-0.1, -0.05) is 12.1 Å². The number of nitriles is 1. The number of fused-ring (bicyclic) bond motifs is 1. The molecular formula is C14H9N5O3. The average molecular weight is 295 g/mol. The van der Waals surface area contributed by atoms with Crippen molar-refractivity contribution >= 4 is 17.0 Å². The van der Waals surface area contributed by atoms with Gasteiger partial charge in [0.2, 0.25) is 0 Å². The molecule has 0 aliphatic heterocycles. The zero-order chi connectivity index (χ0) is 15.7. The Hall–Kier alpha value is -3.47. The Labute approximate surface area is 123 Å². The number of aliphatic carboxylic acids is 1. The summed E-state index contributed by atoms with van der Waals surface area (Å²) in [6, 6.07) is 8.66. The van der Waals surface area contributed by atoms with Gasteiger partial charge in [-0.05, 0) is 12.1 Å². The van der Waals surface area contributed by atoms with E-state index >= 15 is 0 Å². The summed E-state index contributed by atoms with van der Waals surface area (Å²) in [6.45, 7) is -0.557. The molecule has 0 aliphatic carbocycles. The van der Waals surface area contributed by atoms with Gasteiger partial charge in [0.05, 0.1) is 18.0 Å². The van der Waals surface area contributed by atoms with Gasteiger partial charge < -0.3 is 10.1 Å². The number of aromatic amines is 1. The fourth-order valence-electron chi connectivity index (χ4n) is 2.15. The van der Waals surface area contributed by atoms with E-state index in [9.17, 15) is 9.59 Å². The van der Waals surface area contributed by atoms with E-state index in [-0.39, 0.29) is 5.52 Å². The first-order valence-electron chi connectivity index (χ1n) is 6.26. The lowest BCUT2D eigenvalue weighted by molar-refractivity contribution is -0.137. The molecule has 0 radical (unpaired) electrons. The van der Waals surface area contributed by atoms with Crippen LogP contribution in [0.2, 0.25) is 0 Å². The number of carboxylic acid groups (broad SMARTS) is 1. The van der Waals surface area contributed by atoms with Gasteiger partial charge in [-0.15, -0.1) is 0 Å². The number of benzene rings is 1. The van der Waals surface area contributed by atoms with Crippen molar-refractivity contribution in [3.8, 4) is 17.3 Å². The molecule has 22 heavy (non-hydrogen) atoms. The van der Waals surface area contributed by atoms with Crippen molar-refractivity contribution < 1.29 is 9.90 Å². The second-order valence-electron chi connectivity index (χ2n) is 4.52. The summed E-state index contributed by atoms with van der Waals surface area (Å²) in [4.78, 5) is 29.8. The minimum atomic E-state index is -1.18. The van der Waals surface area contributed by atoms with Gasteiger partial charge in [0.15, 0.2) is 0 Å². The lowest BCUT2D eigenvalue weighted by atomic mass is 10.1. The summed E-state index contributed by atoms with van der Waals surface area (Å²) < 4.78 is 0.858. The monoisotopic (exact) mass is 295 g/mol. The molecule has 8 nitrogen and oxygen atoms in total. The quantitative estimate of drug-likeness (QED) is 0.734. The second-order valence-corrected chi connectivity index (χ2v) is 4.52. The Morgan fingerprint density at radius 3 is 3.00 bits per heavy atom. The van der Waals surface area contributed by atoms with E-state index in [0.717, 1.165) is 4.68 Å². The fourth-order valence-corrected chi connectivity index (χ4v) is 2.15. The molecule has 3 aromatic rings. The molecule has 8 heteroatoms. The molecule has 2 N–H and O–H groups in total. The summed E-state index contributed by atoms with van der Waals surface area (Å²) in [5.74, 6) is -1.18. The van der Waals surface area contributed by atoms with Crippen molar-refractivity contribution in [2.75, 3.05) is 0 Å². The summed E-state index contributed by atoms with van der Waals surface area (Å²) in [6.07, 6.45) is 1.34. The van der Waals surface area contributed by atoms with Crippen molar-refractivity contribution in [3.05, 3.63) is 46.5 Å². The smallest absolute Gasteiger partial charge is 0.325 e. The van der Waals surface area contributed by atoms with Gasteiger partial charge in [0.25, 0.3) is 5.56 Å². The first kappa shape index (κ1) is 13.5. The van der Waals surface area contributed by atoms with E-state index in [1.54, 1.807) is 24.3 Å². The minimum Gasteiger partial charge on any atom is -0.480 e. The molecule has 0 amide bonds. The molecule has 0 unspecified atom stereocenters. The number of nitrogens with zero attached hydrogens (tertiary/aromatic N) is 4. The third kappa shape index (κ3) is 2.20. The third-order valence-corrected chi connectivity index (χ3v) is 3.08. The van der Waals surface area contributed by atoms with Crippen LogP contribution in [0, 0.1) is 11.3 Å². The molecule has 3 rings (SSSR count). The molecule has 0 fully saturated rings. The Balaban J connectivity index is 2.30. The summed E-state index contributed by atoms with van der Waals surface area (Å²) in [5.41, 5.74) is 1.30. The predicted molar refractivity (Wildman–Crippen MR) is 75.9 cm³/mol. The Morgan fingerprint density at radius 1 is 1.45 bits per heavy atom. The maximum absolute atomic E-state index is 12.1. The summed E-state index contributed by atoms with van der Waals surface area (Å²) in [7, 11) is 0. The number of carboxylic acids is 1. The fraction of sp³-hybridized carbons (Fsp3) is 0.0714. The number of nitrogens with one attached hydrogen (secondary N) is 1. The van der Waals surface area contributed by atoms with E-state index in [2.05, 4.69) is 15.1 Å². The minimum absolute atomic E-state index is 0.175. The molecule has 0 aliphatic rings. The molecule has 0 bridgehead atoms. The molecule has 0 atom stereocenters. The van der Waals surface area contributed by atoms with Crippen molar-refractivity contribution in [2.45, 2.75) is 6.54 Å². The van der Waals surface area contributed by atoms with Crippen molar-refractivity contribution in [1.82, 2.24) is 19.7 Å². The molecule has 2 aromatic heterocycles. The highest BCUT2D eigenvalue weighted by molar-refractivity contribution is 5.88. The van der Waals surface area contributed by atoms with Crippen molar-refractivity contribution in [2.24, 2.45) is 0 Å². The van der Waals surface area contributed by atoms with Crippen LogP contribution in [0.15, 0.2) is 35.4 Å².